The number of hydrogen-bond donors (Lipinski definition) is 0. The van der Waals surface area contributed by atoms with Crippen molar-refractivity contribution in [2.45, 2.75) is 32.1 Å². The lowest BCUT2D eigenvalue weighted by molar-refractivity contribution is -0.139. The van der Waals surface area contributed by atoms with Crippen molar-refractivity contribution in [1.29, 1.82) is 0 Å². The molecule has 3 aromatic rings. The van der Waals surface area contributed by atoms with Gasteiger partial charge in [-0.05, 0) is 56.5 Å². The first-order chi connectivity index (χ1) is 16.5. The van der Waals surface area contributed by atoms with Crippen LogP contribution in [0.5, 0.6) is 0 Å². The molecule has 0 N–H and O–H groups in total. The summed E-state index contributed by atoms with van der Waals surface area (Å²) in [6.45, 7) is 3.51. The molecule has 0 bridgehead atoms. The summed E-state index contributed by atoms with van der Waals surface area (Å²) < 4.78 is 1.78. The van der Waals surface area contributed by atoms with Crippen LogP contribution in [0.3, 0.4) is 0 Å². The Bertz CT molecular complexity index is 1190. The SMILES string of the molecule is CN1CCN(C(=O)C2CCC(C(=O)Cc3cc4cc(-c5cnn(C)c5)ccc4nn3)CC2)CC1. The maximum Gasteiger partial charge on any atom is 0.225 e. The molecule has 1 saturated carbocycles. The molecule has 1 saturated heterocycles. The van der Waals surface area contributed by atoms with Gasteiger partial charge in [0.05, 0.1) is 23.8 Å². The van der Waals surface area contributed by atoms with Crippen molar-refractivity contribution in [1.82, 2.24) is 29.8 Å². The average Bonchev–Trinajstić information content (AvgIpc) is 3.30. The summed E-state index contributed by atoms with van der Waals surface area (Å²) in [5, 5.41) is 13.9. The predicted octanol–water partition coefficient (Wildman–Crippen LogP) is 2.72. The number of Topliss-reactive ketones (excluding diaryl/α,β-unsaturated/α-hetero) is 1. The van der Waals surface area contributed by atoms with Gasteiger partial charge in [-0.1, -0.05) is 6.07 Å². The van der Waals surface area contributed by atoms with Crippen molar-refractivity contribution >= 4 is 22.6 Å². The summed E-state index contributed by atoms with van der Waals surface area (Å²) >= 11 is 0. The van der Waals surface area contributed by atoms with Crippen LogP contribution in [0, 0.1) is 11.8 Å². The fourth-order valence-corrected chi connectivity index (χ4v) is 5.19. The van der Waals surface area contributed by atoms with E-state index in [4.69, 9.17) is 0 Å². The van der Waals surface area contributed by atoms with Crippen molar-refractivity contribution < 1.29 is 9.59 Å². The third-order valence-electron chi connectivity index (χ3n) is 7.38. The standard InChI is InChI=1S/C26H32N6O2/c1-30-9-11-32(12-10-30)26(34)19-5-3-18(4-6-19)25(33)15-23-14-21-13-20(7-8-24(21)29-28-23)22-16-27-31(2)17-22/h7-8,13-14,16-19H,3-6,9-12,15H2,1-2H3. The number of fused-ring (bicyclic) bond motifs is 1. The van der Waals surface area contributed by atoms with E-state index in [9.17, 15) is 9.59 Å². The second-order valence-electron chi connectivity index (χ2n) is 9.83. The molecule has 0 spiro atoms. The molecule has 178 valence electrons. The van der Waals surface area contributed by atoms with E-state index in [0.717, 1.165) is 73.9 Å². The summed E-state index contributed by atoms with van der Waals surface area (Å²) in [6.07, 6.45) is 7.29. The van der Waals surface area contributed by atoms with Crippen LogP contribution in [-0.4, -0.2) is 74.7 Å². The van der Waals surface area contributed by atoms with Crippen LogP contribution in [0.1, 0.15) is 31.4 Å². The topological polar surface area (TPSA) is 84.2 Å². The second kappa shape index (κ2) is 9.62. The highest BCUT2D eigenvalue weighted by atomic mass is 16.2. The maximum absolute atomic E-state index is 13.0. The van der Waals surface area contributed by atoms with Crippen LogP contribution < -0.4 is 0 Å². The molecule has 1 aliphatic heterocycles. The zero-order valence-electron chi connectivity index (χ0n) is 20.0. The van der Waals surface area contributed by atoms with E-state index in [2.05, 4.69) is 33.3 Å². The van der Waals surface area contributed by atoms with E-state index >= 15 is 0 Å². The van der Waals surface area contributed by atoms with Crippen LogP contribution in [-0.2, 0) is 23.1 Å². The average molecular weight is 461 g/mol. The highest BCUT2D eigenvalue weighted by Crippen LogP contribution is 2.32. The van der Waals surface area contributed by atoms with Crippen LogP contribution in [0.25, 0.3) is 22.0 Å². The Hall–Kier alpha value is -3.13. The van der Waals surface area contributed by atoms with Gasteiger partial charge in [-0.15, -0.1) is 0 Å². The Morgan fingerprint density at radius 3 is 2.35 bits per heavy atom. The van der Waals surface area contributed by atoms with Crippen molar-refractivity contribution in [2.24, 2.45) is 18.9 Å². The summed E-state index contributed by atoms with van der Waals surface area (Å²) in [5.41, 5.74) is 3.62. The van der Waals surface area contributed by atoms with E-state index in [0.29, 0.717) is 12.1 Å². The molecule has 0 atom stereocenters. The number of rotatable bonds is 5. The molecular weight excluding hydrogens is 428 g/mol. The number of aromatic nitrogens is 4. The molecule has 2 aliphatic rings. The molecule has 2 fully saturated rings. The van der Waals surface area contributed by atoms with Crippen molar-refractivity contribution in [3.63, 3.8) is 0 Å². The van der Waals surface area contributed by atoms with Crippen LogP contribution in [0.2, 0.25) is 0 Å². The van der Waals surface area contributed by atoms with Crippen LogP contribution in [0.4, 0.5) is 0 Å². The number of ketones is 1. The first-order valence-electron chi connectivity index (χ1n) is 12.2. The van der Waals surface area contributed by atoms with E-state index in [-0.39, 0.29) is 23.5 Å². The lowest BCUT2D eigenvalue weighted by Gasteiger charge is -2.36. The number of likely N-dealkylation sites (N-methyl/N-ethyl adjacent to an activating group) is 1. The quantitative estimate of drug-likeness (QED) is 0.582. The van der Waals surface area contributed by atoms with Gasteiger partial charge < -0.3 is 9.80 Å². The number of piperazine rings is 1. The van der Waals surface area contributed by atoms with Gasteiger partial charge in [0.2, 0.25) is 5.91 Å². The molecule has 8 heteroatoms. The Morgan fingerprint density at radius 1 is 0.912 bits per heavy atom. The van der Waals surface area contributed by atoms with Gasteiger partial charge in [-0.25, -0.2) is 0 Å². The summed E-state index contributed by atoms with van der Waals surface area (Å²) in [4.78, 5) is 30.2. The number of aryl methyl sites for hydroxylation is 1. The lowest BCUT2D eigenvalue weighted by atomic mass is 9.78. The Labute approximate surface area is 199 Å². The summed E-state index contributed by atoms with van der Waals surface area (Å²) in [7, 11) is 3.99. The first kappa shape index (κ1) is 22.7. The monoisotopic (exact) mass is 460 g/mol. The van der Waals surface area contributed by atoms with E-state index in [1.54, 1.807) is 4.68 Å². The molecule has 8 nitrogen and oxygen atoms in total. The summed E-state index contributed by atoms with van der Waals surface area (Å²) in [6, 6.07) is 8.02. The zero-order chi connectivity index (χ0) is 23.7. The number of carbonyl (C=O) groups is 2. The van der Waals surface area contributed by atoms with Gasteiger partial charge >= 0.3 is 0 Å². The Balaban J connectivity index is 1.20. The normalized spacial score (nSPS) is 21.6. The van der Waals surface area contributed by atoms with Crippen molar-refractivity contribution in [3.8, 4) is 11.1 Å². The van der Waals surface area contributed by atoms with Gasteiger partial charge in [0.15, 0.2) is 0 Å². The molecule has 0 radical (unpaired) electrons. The molecule has 1 aromatic carbocycles. The molecule has 5 rings (SSSR count). The van der Waals surface area contributed by atoms with E-state index in [1.165, 1.54) is 0 Å². The van der Waals surface area contributed by atoms with Gasteiger partial charge in [-0.3, -0.25) is 14.3 Å². The third kappa shape index (κ3) is 4.87. The third-order valence-corrected chi connectivity index (χ3v) is 7.38. The fraction of sp³-hybridized carbons (Fsp3) is 0.500. The van der Waals surface area contributed by atoms with Gasteiger partial charge in [0.1, 0.15) is 5.78 Å². The molecular formula is C26H32N6O2. The van der Waals surface area contributed by atoms with E-state index < -0.39 is 0 Å². The predicted molar refractivity (Wildman–Crippen MR) is 130 cm³/mol. The zero-order valence-corrected chi connectivity index (χ0v) is 20.0. The van der Waals surface area contributed by atoms with Crippen LogP contribution in [0.15, 0.2) is 36.7 Å². The minimum atomic E-state index is 0.00997. The fourth-order valence-electron chi connectivity index (χ4n) is 5.19. The van der Waals surface area contributed by atoms with Gasteiger partial charge in [-0.2, -0.15) is 15.3 Å². The smallest absolute Gasteiger partial charge is 0.225 e. The lowest BCUT2D eigenvalue weighted by Crippen LogP contribution is -2.49. The highest BCUT2D eigenvalue weighted by molar-refractivity contribution is 5.87. The Morgan fingerprint density at radius 2 is 1.65 bits per heavy atom. The van der Waals surface area contributed by atoms with Crippen molar-refractivity contribution in [3.05, 3.63) is 42.4 Å². The first-order valence-corrected chi connectivity index (χ1v) is 12.2. The second-order valence-corrected chi connectivity index (χ2v) is 9.83. The number of hydrogen-bond acceptors (Lipinski definition) is 6. The van der Waals surface area contributed by atoms with Crippen molar-refractivity contribution in [2.75, 3.05) is 33.2 Å². The molecule has 3 heterocycles. The molecule has 34 heavy (non-hydrogen) atoms. The van der Waals surface area contributed by atoms with Gasteiger partial charge in [0.25, 0.3) is 0 Å². The molecule has 1 aliphatic carbocycles. The molecule has 2 aromatic heterocycles. The highest BCUT2D eigenvalue weighted by Gasteiger charge is 2.33. The maximum atomic E-state index is 13.0. The minimum absolute atomic E-state index is 0.00997. The molecule has 0 unspecified atom stereocenters. The molecule has 1 amide bonds. The number of amides is 1. The largest absolute Gasteiger partial charge is 0.340 e. The minimum Gasteiger partial charge on any atom is -0.340 e. The number of carbonyl (C=O) groups excluding carboxylic acids is 2. The Kier molecular flexibility index (Phi) is 6.41. The van der Waals surface area contributed by atoms with Crippen LogP contribution >= 0.6 is 0 Å². The number of benzene rings is 1. The summed E-state index contributed by atoms with van der Waals surface area (Å²) in [5.74, 6) is 0.570. The number of nitrogens with zero attached hydrogens (tertiary/aromatic N) is 6. The van der Waals surface area contributed by atoms with E-state index in [1.807, 2.05) is 42.5 Å². The van der Waals surface area contributed by atoms with Gasteiger partial charge in [0, 0.05) is 62.2 Å².